The highest BCUT2D eigenvalue weighted by atomic mass is 35.5. The van der Waals surface area contributed by atoms with E-state index in [1.54, 1.807) is 18.2 Å². The number of carbonyl (C=O) groups is 1. The molecule has 1 aliphatic rings. The SMILES string of the molecule is CNCC1CCCN(C(=O)COc2cc(Cl)ccc2Cl)C1.Cl. The molecule has 1 N–H and O–H groups in total. The number of carbonyl (C=O) groups excluding carboxylic acids is 1. The molecule has 1 saturated heterocycles. The average Bonchev–Trinajstić information content (AvgIpc) is 2.48. The summed E-state index contributed by atoms with van der Waals surface area (Å²) in [6.07, 6.45) is 2.20. The van der Waals surface area contributed by atoms with Gasteiger partial charge in [-0.05, 0) is 44.5 Å². The van der Waals surface area contributed by atoms with Crippen LogP contribution in [0, 0.1) is 5.92 Å². The molecule has 0 saturated carbocycles. The Hall–Kier alpha value is -0.680. The van der Waals surface area contributed by atoms with Crippen molar-refractivity contribution in [3.63, 3.8) is 0 Å². The van der Waals surface area contributed by atoms with Crippen LogP contribution in [0.25, 0.3) is 0 Å². The Morgan fingerprint density at radius 2 is 2.23 bits per heavy atom. The molecule has 0 bridgehead atoms. The van der Waals surface area contributed by atoms with E-state index in [1.165, 1.54) is 0 Å². The minimum Gasteiger partial charge on any atom is -0.482 e. The molecule has 0 aromatic heterocycles. The molecule has 1 unspecified atom stereocenters. The molecule has 0 spiro atoms. The van der Waals surface area contributed by atoms with E-state index in [1.807, 2.05) is 11.9 Å². The molecule has 4 nitrogen and oxygen atoms in total. The van der Waals surface area contributed by atoms with Crippen LogP contribution in [-0.2, 0) is 4.79 Å². The molecule has 1 aromatic carbocycles. The predicted octanol–water partition coefficient (Wildman–Crippen LogP) is 3.25. The van der Waals surface area contributed by atoms with Crippen LogP contribution < -0.4 is 10.1 Å². The van der Waals surface area contributed by atoms with Crippen molar-refractivity contribution in [3.05, 3.63) is 28.2 Å². The number of piperidine rings is 1. The third-order valence-corrected chi connectivity index (χ3v) is 4.16. The first-order chi connectivity index (χ1) is 10.1. The van der Waals surface area contributed by atoms with Gasteiger partial charge >= 0.3 is 0 Å². The first kappa shape index (κ1) is 19.4. The standard InChI is InChI=1S/C15H20Cl2N2O2.ClH/c1-18-8-11-3-2-6-19(9-11)15(20)10-21-14-7-12(16)4-5-13(14)17;/h4-5,7,11,18H,2-3,6,8-10H2,1H3;1H. The lowest BCUT2D eigenvalue weighted by Gasteiger charge is -2.32. The summed E-state index contributed by atoms with van der Waals surface area (Å²) < 4.78 is 5.50. The molecule has 22 heavy (non-hydrogen) atoms. The normalized spacial score (nSPS) is 17.8. The third-order valence-electron chi connectivity index (χ3n) is 3.61. The second kappa shape index (κ2) is 9.46. The van der Waals surface area contributed by atoms with Gasteiger partial charge in [-0.15, -0.1) is 12.4 Å². The molecule has 1 aliphatic heterocycles. The van der Waals surface area contributed by atoms with Gasteiger partial charge in [-0.2, -0.15) is 0 Å². The second-order valence-corrected chi connectivity index (χ2v) is 6.11. The van der Waals surface area contributed by atoms with Crippen molar-refractivity contribution in [1.29, 1.82) is 0 Å². The summed E-state index contributed by atoms with van der Waals surface area (Å²) >= 11 is 11.9. The van der Waals surface area contributed by atoms with Crippen LogP contribution in [0.4, 0.5) is 0 Å². The summed E-state index contributed by atoms with van der Waals surface area (Å²) in [6.45, 7) is 2.51. The van der Waals surface area contributed by atoms with E-state index in [0.29, 0.717) is 21.7 Å². The molecule has 0 aliphatic carbocycles. The van der Waals surface area contributed by atoms with Crippen LogP contribution in [0.1, 0.15) is 12.8 Å². The molecular weight excluding hydrogens is 347 g/mol. The lowest BCUT2D eigenvalue weighted by Crippen LogP contribution is -2.44. The maximum Gasteiger partial charge on any atom is 0.260 e. The molecule has 124 valence electrons. The fourth-order valence-electron chi connectivity index (χ4n) is 2.57. The molecule has 0 radical (unpaired) electrons. The minimum atomic E-state index is -0.00760. The van der Waals surface area contributed by atoms with Crippen molar-refractivity contribution >= 4 is 41.5 Å². The summed E-state index contributed by atoms with van der Waals surface area (Å²) in [5.41, 5.74) is 0. The number of nitrogens with zero attached hydrogens (tertiary/aromatic N) is 1. The minimum absolute atomic E-state index is 0. The summed E-state index contributed by atoms with van der Waals surface area (Å²) in [5, 5.41) is 4.16. The van der Waals surface area contributed by atoms with E-state index >= 15 is 0 Å². The van der Waals surface area contributed by atoms with Gasteiger partial charge in [-0.3, -0.25) is 4.79 Å². The van der Waals surface area contributed by atoms with Crippen molar-refractivity contribution in [1.82, 2.24) is 10.2 Å². The third kappa shape index (κ3) is 5.51. The molecule has 2 rings (SSSR count). The van der Waals surface area contributed by atoms with Gasteiger partial charge in [0.15, 0.2) is 6.61 Å². The number of hydrogen-bond acceptors (Lipinski definition) is 3. The summed E-state index contributed by atoms with van der Waals surface area (Å²) in [6, 6.07) is 4.97. The lowest BCUT2D eigenvalue weighted by molar-refractivity contribution is -0.135. The van der Waals surface area contributed by atoms with Crippen molar-refractivity contribution < 1.29 is 9.53 Å². The molecule has 1 aromatic rings. The zero-order chi connectivity index (χ0) is 15.2. The number of amides is 1. The van der Waals surface area contributed by atoms with Crippen LogP contribution in [0.2, 0.25) is 10.0 Å². The summed E-state index contributed by atoms with van der Waals surface area (Å²) in [4.78, 5) is 14.1. The Morgan fingerprint density at radius 1 is 1.45 bits per heavy atom. The molecule has 7 heteroatoms. The zero-order valence-electron chi connectivity index (χ0n) is 12.5. The van der Waals surface area contributed by atoms with E-state index < -0.39 is 0 Å². The Labute approximate surface area is 147 Å². The highest BCUT2D eigenvalue weighted by molar-refractivity contribution is 6.34. The summed E-state index contributed by atoms with van der Waals surface area (Å²) in [7, 11) is 1.94. The van der Waals surface area contributed by atoms with E-state index in [4.69, 9.17) is 27.9 Å². The van der Waals surface area contributed by atoms with Crippen molar-refractivity contribution in [2.45, 2.75) is 12.8 Å². The molecule has 1 fully saturated rings. The first-order valence-corrected chi connectivity index (χ1v) is 7.86. The maximum absolute atomic E-state index is 12.2. The monoisotopic (exact) mass is 366 g/mol. The maximum atomic E-state index is 12.2. The zero-order valence-corrected chi connectivity index (χ0v) is 14.8. The Balaban J connectivity index is 0.00000242. The van der Waals surface area contributed by atoms with Gasteiger partial charge in [0.1, 0.15) is 5.75 Å². The number of likely N-dealkylation sites (tertiary alicyclic amines) is 1. The topological polar surface area (TPSA) is 41.6 Å². The van der Waals surface area contributed by atoms with Gasteiger partial charge in [0, 0.05) is 24.2 Å². The predicted molar refractivity (Wildman–Crippen MR) is 92.4 cm³/mol. The fourth-order valence-corrected chi connectivity index (χ4v) is 2.90. The highest BCUT2D eigenvalue weighted by Gasteiger charge is 2.23. The van der Waals surface area contributed by atoms with Gasteiger partial charge in [0.2, 0.25) is 0 Å². The second-order valence-electron chi connectivity index (χ2n) is 5.27. The first-order valence-electron chi connectivity index (χ1n) is 7.10. The number of nitrogens with one attached hydrogen (secondary N) is 1. The number of hydrogen-bond donors (Lipinski definition) is 1. The summed E-state index contributed by atoms with van der Waals surface area (Å²) in [5.74, 6) is 0.954. The Kier molecular flexibility index (Phi) is 8.33. The molecular formula is C15H21Cl3N2O2. The van der Waals surface area contributed by atoms with Crippen molar-refractivity contribution in [2.24, 2.45) is 5.92 Å². The smallest absolute Gasteiger partial charge is 0.260 e. The lowest BCUT2D eigenvalue weighted by atomic mass is 9.98. The van der Waals surface area contributed by atoms with Crippen LogP contribution in [0.3, 0.4) is 0 Å². The van der Waals surface area contributed by atoms with Gasteiger partial charge in [0.05, 0.1) is 5.02 Å². The van der Waals surface area contributed by atoms with Crippen LogP contribution in [0.15, 0.2) is 18.2 Å². The number of ether oxygens (including phenoxy) is 1. The van der Waals surface area contributed by atoms with Crippen LogP contribution >= 0.6 is 35.6 Å². The average molecular weight is 368 g/mol. The quantitative estimate of drug-likeness (QED) is 0.868. The van der Waals surface area contributed by atoms with Crippen molar-refractivity contribution in [2.75, 3.05) is 33.3 Å². The fraction of sp³-hybridized carbons (Fsp3) is 0.533. The van der Waals surface area contributed by atoms with Gasteiger partial charge in [-0.25, -0.2) is 0 Å². The molecule has 1 amide bonds. The van der Waals surface area contributed by atoms with Crippen LogP contribution in [0.5, 0.6) is 5.75 Å². The number of benzene rings is 1. The Bertz CT molecular complexity index is 498. The highest BCUT2D eigenvalue weighted by Crippen LogP contribution is 2.27. The van der Waals surface area contributed by atoms with E-state index in [-0.39, 0.29) is 24.9 Å². The Morgan fingerprint density at radius 3 is 2.95 bits per heavy atom. The molecule has 1 heterocycles. The van der Waals surface area contributed by atoms with Gasteiger partial charge in [-0.1, -0.05) is 23.2 Å². The van der Waals surface area contributed by atoms with Crippen molar-refractivity contribution in [3.8, 4) is 5.75 Å². The number of rotatable bonds is 5. The molecule has 1 atom stereocenters. The van der Waals surface area contributed by atoms with E-state index in [9.17, 15) is 4.79 Å². The number of halogens is 3. The van der Waals surface area contributed by atoms with E-state index in [0.717, 1.165) is 32.5 Å². The van der Waals surface area contributed by atoms with Gasteiger partial charge < -0.3 is 15.0 Å². The van der Waals surface area contributed by atoms with E-state index in [2.05, 4.69) is 5.32 Å². The van der Waals surface area contributed by atoms with Crippen LogP contribution in [-0.4, -0.2) is 44.1 Å². The van der Waals surface area contributed by atoms with Gasteiger partial charge in [0.25, 0.3) is 5.91 Å². The largest absolute Gasteiger partial charge is 0.482 e.